The van der Waals surface area contributed by atoms with E-state index in [0.717, 1.165) is 23.7 Å². The molecule has 0 aliphatic heterocycles. The van der Waals surface area contributed by atoms with Crippen LogP contribution in [0.15, 0.2) is 0 Å². The van der Waals surface area contributed by atoms with Crippen molar-refractivity contribution in [2.45, 2.75) is 39.5 Å². The third-order valence-corrected chi connectivity index (χ3v) is 3.65. The summed E-state index contributed by atoms with van der Waals surface area (Å²) in [5, 5.41) is 0. The minimum absolute atomic E-state index is 0.954. The van der Waals surface area contributed by atoms with Gasteiger partial charge in [0.15, 0.2) is 0 Å². The molecular formula is C10H18. The first-order valence-electron chi connectivity index (χ1n) is 4.77. The Kier molecular flexibility index (Phi) is 1.51. The highest BCUT2D eigenvalue weighted by atomic mass is 14.5. The molecule has 0 heteroatoms. The van der Waals surface area contributed by atoms with Gasteiger partial charge in [-0.3, -0.25) is 0 Å². The number of rotatable bonds is 1. The zero-order valence-electron chi connectivity index (χ0n) is 7.14. The molecule has 2 fully saturated rings. The molecule has 2 bridgehead atoms. The Balaban J connectivity index is 2.02. The van der Waals surface area contributed by atoms with Gasteiger partial charge in [0.2, 0.25) is 0 Å². The fraction of sp³-hybridized carbons (Fsp3) is 1.00. The summed E-state index contributed by atoms with van der Waals surface area (Å²) >= 11 is 0. The zero-order valence-corrected chi connectivity index (χ0v) is 7.14. The van der Waals surface area contributed by atoms with Gasteiger partial charge in [-0.05, 0) is 42.9 Å². The van der Waals surface area contributed by atoms with Gasteiger partial charge in [0, 0.05) is 0 Å². The van der Waals surface area contributed by atoms with Gasteiger partial charge in [0.25, 0.3) is 0 Å². The number of fused-ring (bicyclic) bond motifs is 2. The molecule has 0 N–H and O–H groups in total. The molecule has 0 nitrogen and oxygen atoms in total. The van der Waals surface area contributed by atoms with Crippen LogP contribution >= 0.6 is 0 Å². The highest BCUT2D eigenvalue weighted by molar-refractivity contribution is 4.90. The highest BCUT2D eigenvalue weighted by Crippen LogP contribution is 2.50. The first-order chi connectivity index (χ1) is 4.77. The molecule has 0 aromatic rings. The van der Waals surface area contributed by atoms with Crippen molar-refractivity contribution < 1.29 is 0 Å². The van der Waals surface area contributed by atoms with E-state index in [1.54, 1.807) is 25.7 Å². The summed E-state index contributed by atoms with van der Waals surface area (Å²) in [4.78, 5) is 0. The van der Waals surface area contributed by atoms with Crippen molar-refractivity contribution in [1.82, 2.24) is 0 Å². The second-order valence-electron chi connectivity index (χ2n) is 4.58. The van der Waals surface area contributed by atoms with Crippen molar-refractivity contribution in [1.29, 1.82) is 0 Å². The largest absolute Gasteiger partial charge is 0.0625 e. The fourth-order valence-corrected chi connectivity index (χ4v) is 3.11. The van der Waals surface area contributed by atoms with Crippen molar-refractivity contribution in [2.24, 2.45) is 23.7 Å². The van der Waals surface area contributed by atoms with Crippen molar-refractivity contribution in [3.8, 4) is 0 Å². The van der Waals surface area contributed by atoms with E-state index < -0.39 is 0 Å². The molecule has 2 aliphatic carbocycles. The van der Waals surface area contributed by atoms with E-state index in [-0.39, 0.29) is 0 Å². The topological polar surface area (TPSA) is 0 Å². The third-order valence-electron chi connectivity index (χ3n) is 3.65. The SMILES string of the molecule is CC(C)[C@H]1C[C@@H]2CC[C@@H]1C2. The lowest BCUT2D eigenvalue weighted by atomic mass is 9.81. The monoisotopic (exact) mass is 138 g/mol. The van der Waals surface area contributed by atoms with Crippen LogP contribution < -0.4 is 0 Å². The second-order valence-corrected chi connectivity index (χ2v) is 4.58. The molecule has 10 heavy (non-hydrogen) atoms. The number of hydrogen-bond donors (Lipinski definition) is 0. The van der Waals surface area contributed by atoms with Crippen molar-refractivity contribution in [2.75, 3.05) is 0 Å². The van der Waals surface area contributed by atoms with Crippen LogP contribution in [0.5, 0.6) is 0 Å². The average Bonchev–Trinajstić information content (AvgIpc) is 2.44. The van der Waals surface area contributed by atoms with E-state index >= 15 is 0 Å². The van der Waals surface area contributed by atoms with E-state index in [4.69, 9.17) is 0 Å². The summed E-state index contributed by atoms with van der Waals surface area (Å²) in [6.45, 7) is 4.79. The molecule has 0 unspecified atom stereocenters. The lowest BCUT2D eigenvalue weighted by Crippen LogP contribution is -2.15. The van der Waals surface area contributed by atoms with Gasteiger partial charge >= 0.3 is 0 Å². The van der Waals surface area contributed by atoms with Crippen molar-refractivity contribution >= 4 is 0 Å². The molecule has 2 aliphatic rings. The van der Waals surface area contributed by atoms with Crippen LogP contribution in [0, 0.1) is 23.7 Å². The Hall–Kier alpha value is 0. The molecule has 0 heterocycles. The van der Waals surface area contributed by atoms with Crippen LogP contribution in [-0.2, 0) is 0 Å². The fourth-order valence-electron chi connectivity index (χ4n) is 3.11. The molecule has 3 atom stereocenters. The Morgan fingerprint density at radius 3 is 2.20 bits per heavy atom. The van der Waals surface area contributed by atoms with Crippen LogP contribution in [0.25, 0.3) is 0 Å². The van der Waals surface area contributed by atoms with Crippen LogP contribution in [0.2, 0.25) is 0 Å². The summed E-state index contributed by atoms with van der Waals surface area (Å²) in [5.41, 5.74) is 0. The van der Waals surface area contributed by atoms with Crippen molar-refractivity contribution in [3.63, 3.8) is 0 Å². The van der Waals surface area contributed by atoms with Crippen LogP contribution in [0.4, 0.5) is 0 Å². The normalized spacial score (nSPS) is 45.3. The molecule has 0 saturated heterocycles. The molecule has 0 aromatic heterocycles. The highest BCUT2D eigenvalue weighted by Gasteiger charge is 2.40. The summed E-state index contributed by atoms with van der Waals surface area (Å²) < 4.78 is 0. The first kappa shape index (κ1) is 6.69. The van der Waals surface area contributed by atoms with E-state index in [9.17, 15) is 0 Å². The lowest BCUT2D eigenvalue weighted by Gasteiger charge is -2.24. The Morgan fingerprint density at radius 1 is 1.10 bits per heavy atom. The zero-order chi connectivity index (χ0) is 7.14. The van der Waals surface area contributed by atoms with Crippen LogP contribution in [-0.4, -0.2) is 0 Å². The molecule has 2 rings (SSSR count). The van der Waals surface area contributed by atoms with E-state index in [2.05, 4.69) is 13.8 Å². The van der Waals surface area contributed by atoms with Gasteiger partial charge in [-0.1, -0.05) is 20.3 Å². The smallest absolute Gasteiger partial charge is 0.0360 e. The van der Waals surface area contributed by atoms with Crippen molar-refractivity contribution in [3.05, 3.63) is 0 Å². The summed E-state index contributed by atoms with van der Waals surface area (Å²) in [5.74, 6) is 4.32. The molecular weight excluding hydrogens is 120 g/mol. The molecule has 0 aromatic carbocycles. The van der Waals surface area contributed by atoms with Gasteiger partial charge in [-0.2, -0.15) is 0 Å². The molecule has 0 radical (unpaired) electrons. The lowest BCUT2D eigenvalue weighted by molar-refractivity contribution is 0.256. The van der Waals surface area contributed by atoms with Gasteiger partial charge in [-0.15, -0.1) is 0 Å². The average molecular weight is 138 g/mol. The Morgan fingerprint density at radius 2 is 1.90 bits per heavy atom. The van der Waals surface area contributed by atoms with Crippen LogP contribution in [0.1, 0.15) is 39.5 Å². The quantitative estimate of drug-likeness (QED) is 0.522. The third kappa shape index (κ3) is 0.889. The number of hydrogen-bond acceptors (Lipinski definition) is 0. The first-order valence-corrected chi connectivity index (χ1v) is 4.77. The van der Waals surface area contributed by atoms with Gasteiger partial charge < -0.3 is 0 Å². The van der Waals surface area contributed by atoms with E-state index in [1.165, 1.54) is 0 Å². The second kappa shape index (κ2) is 2.25. The van der Waals surface area contributed by atoms with Crippen LogP contribution in [0.3, 0.4) is 0 Å². The Bertz CT molecular complexity index is 126. The molecule has 0 amide bonds. The molecule has 58 valence electrons. The summed E-state index contributed by atoms with van der Waals surface area (Å²) in [6, 6.07) is 0. The van der Waals surface area contributed by atoms with Gasteiger partial charge in [-0.25, -0.2) is 0 Å². The summed E-state index contributed by atoms with van der Waals surface area (Å²) in [6.07, 6.45) is 6.23. The predicted octanol–water partition coefficient (Wildman–Crippen LogP) is 3.08. The minimum atomic E-state index is 0.954. The maximum atomic E-state index is 2.39. The molecule has 0 spiro atoms. The maximum absolute atomic E-state index is 2.39. The standard InChI is InChI=1S/C10H18/c1-7(2)10-6-8-3-4-9(10)5-8/h7-10H,3-6H2,1-2H3/t8-,9-,10-/m1/s1. The Labute approximate surface area is 64.0 Å². The maximum Gasteiger partial charge on any atom is -0.0360 e. The summed E-state index contributed by atoms with van der Waals surface area (Å²) in [7, 11) is 0. The predicted molar refractivity (Wildman–Crippen MR) is 43.8 cm³/mol. The van der Waals surface area contributed by atoms with E-state index in [1.807, 2.05) is 0 Å². The van der Waals surface area contributed by atoms with E-state index in [0.29, 0.717) is 0 Å². The van der Waals surface area contributed by atoms with Gasteiger partial charge in [0.1, 0.15) is 0 Å². The minimum Gasteiger partial charge on any atom is -0.0625 e. The molecule has 2 saturated carbocycles. The van der Waals surface area contributed by atoms with Gasteiger partial charge in [0.05, 0.1) is 0 Å².